The lowest BCUT2D eigenvalue weighted by Gasteiger charge is -2.13. The van der Waals surface area contributed by atoms with E-state index in [1.165, 1.54) is 0 Å². The van der Waals surface area contributed by atoms with Crippen LogP contribution in [-0.4, -0.2) is 20.0 Å². The first kappa shape index (κ1) is 4.05. The Morgan fingerprint density at radius 2 is 1.00 bits per heavy atom. The summed E-state index contributed by atoms with van der Waals surface area (Å²) in [7, 11) is 0. The molecule has 6 heavy (non-hydrogen) atoms. The van der Waals surface area contributed by atoms with E-state index in [4.69, 9.17) is 0 Å². The Morgan fingerprint density at radius 3 is 1.17 bits per heavy atom. The van der Waals surface area contributed by atoms with E-state index in [0.717, 1.165) is 20.0 Å². The smallest absolute Gasteiger partial charge is 0.0474 e. The predicted molar refractivity (Wildman–Crippen MR) is 24.0 cm³/mol. The molecule has 3 nitrogen and oxygen atoms in total. The van der Waals surface area contributed by atoms with E-state index in [1.807, 2.05) is 0 Å². The summed E-state index contributed by atoms with van der Waals surface area (Å²) in [4.78, 5) is 0. The van der Waals surface area contributed by atoms with Crippen LogP contribution < -0.4 is 16.0 Å². The summed E-state index contributed by atoms with van der Waals surface area (Å²) < 4.78 is 0. The first-order chi connectivity index (χ1) is 3.00. The van der Waals surface area contributed by atoms with Crippen molar-refractivity contribution in [1.82, 2.24) is 16.0 Å². The fourth-order valence-corrected chi connectivity index (χ4v) is 0.453. The van der Waals surface area contributed by atoms with Crippen molar-refractivity contribution in [1.29, 1.82) is 0 Å². The quantitative estimate of drug-likeness (QED) is 0.341. The molecule has 0 aromatic heterocycles. The first-order valence-corrected chi connectivity index (χ1v) is 2.12. The van der Waals surface area contributed by atoms with E-state index in [1.54, 1.807) is 0 Å². The molecule has 1 rings (SSSR count). The van der Waals surface area contributed by atoms with Gasteiger partial charge in [-0.1, -0.05) is 0 Å². The standard InChI is InChI=1S/C3H9N3/c1-4-2-6-3-5-1/h4-6H,1-3H2. The summed E-state index contributed by atoms with van der Waals surface area (Å²) >= 11 is 0. The van der Waals surface area contributed by atoms with Gasteiger partial charge in [0.15, 0.2) is 0 Å². The third-order valence-electron chi connectivity index (χ3n) is 0.750. The van der Waals surface area contributed by atoms with Crippen LogP contribution in [0.25, 0.3) is 0 Å². The highest BCUT2D eigenvalue weighted by atomic mass is 15.2. The van der Waals surface area contributed by atoms with Crippen molar-refractivity contribution in [2.45, 2.75) is 0 Å². The molecule has 0 spiro atoms. The van der Waals surface area contributed by atoms with Crippen LogP contribution in [0.1, 0.15) is 0 Å². The fraction of sp³-hybridized carbons (Fsp3) is 1.00. The molecule has 1 aliphatic rings. The molecule has 3 heteroatoms. The van der Waals surface area contributed by atoms with Gasteiger partial charge in [-0.25, -0.2) is 0 Å². The molecule has 36 valence electrons. The first-order valence-electron chi connectivity index (χ1n) is 2.12. The molecule has 0 saturated carbocycles. The van der Waals surface area contributed by atoms with Crippen molar-refractivity contribution in [2.24, 2.45) is 0 Å². The van der Waals surface area contributed by atoms with Crippen molar-refractivity contribution in [3.05, 3.63) is 0 Å². The third kappa shape index (κ3) is 0.931. The second kappa shape index (κ2) is 2.12. The van der Waals surface area contributed by atoms with Crippen LogP contribution in [-0.2, 0) is 0 Å². The minimum atomic E-state index is 0.938. The summed E-state index contributed by atoms with van der Waals surface area (Å²) in [5.41, 5.74) is 0. The molecule has 0 unspecified atom stereocenters. The third-order valence-corrected chi connectivity index (χ3v) is 0.750. The molecule has 0 radical (unpaired) electrons. The lowest BCUT2D eigenvalue weighted by molar-refractivity contribution is 0.443. The van der Waals surface area contributed by atoms with Gasteiger partial charge in [0, 0.05) is 20.0 Å². The molecule has 0 amide bonds. The molecule has 0 atom stereocenters. The van der Waals surface area contributed by atoms with E-state index in [-0.39, 0.29) is 0 Å². The minimum absolute atomic E-state index is 0.938. The lowest BCUT2D eigenvalue weighted by Crippen LogP contribution is -2.47. The lowest BCUT2D eigenvalue weighted by atomic mass is 10.8. The summed E-state index contributed by atoms with van der Waals surface area (Å²) in [5.74, 6) is 0. The van der Waals surface area contributed by atoms with Gasteiger partial charge in [-0.2, -0.15) is 0 Å². The Labute approximate surface area is 37.1 Å². The average Bonchev–Trinajstić information content (AvgIpc) is 1.72. The molecule has 0 bridgehead atoms. The van der Waals surface area contributed by atoms with Crippen molar-refractivity contribution < 1.29 is 0 Å². The second-order valence-corrected chi connectivity index (χ2v) is 1.28. The molecule has 1 heterocycles. The number of hydrogen-bond acceptors (Lipinski definition) is 3. The Balaban J connectivity index is 2.00. The molecule has 1 aliphatic heterocycles. The van der Waals surface area contributed by atoms with E-state index >= 15 is 0 Å². The molecule has 3 N–H and O–H groups in total. The van der Waals surface area contributed by atoms with Crippen LogP contribution in [0.2, 0.25) is 0 Å². The van der Waals surface area contributed by atoms with Gasteiger partial charge in [-0.15, -0.1) is 0 Å². The topological polar surface area (TPSA) is 36.1 Å². The summed E-state index contributed by atoms with van der Waals surface area (Å²) in [5, 5.41) is 9.19. The van der Waals surface area contributed by atoms with Crippen molar-refractivity contribution in [2.75, 3.05) is 20.0 Å². The summed E-state index contributed by atoms with van der Waals surface area (Å²) in [6.07, 6.45) is 0. The Morgan fingerprint density at radius 1 is 0.667 bits per heavy atom. The normalized spacial score (nSPS) is 24.0. The Hall–Kier alpha value is -0.120. The zero-order valence-electron chi connectivity index (χ0n) is 3.62. The predicted octanol–water partition coefficient (Wildman–Crippen LogP) is -1.36. The van der Waals surface area contributed by atoms with Crippen molar-refractivity contribution in [3.8, 4) is 0 Å². The van der Waals surface area contributed by atoms with Gasteiger partial charge in [0.1, 0.15) is 0 Å². The van der Waals surface area contributed by atoms with Crippen LogP contribution in [0.4, 0.5) is 0 Å². The largest absolute Gasteiger partial charge is 0.292 e. The summed E-state index contributed by atoms with van der Waals surface area (Å²) in [6, 6.07) is 0. The van der Waals surface area contributed by atoms with E-state index < -0.39 is 0 Å². The number of nitrogens with one attached hydrogen (secondary N) is 3. The van der Waals surface area contributed by atoms with E-state index in [0.29, 0.717) is 0 Å². The molecule has 1 saturated heterocycles. The van der Waals surface area contributed by atoms with Gasteiger partial charge in [0.25, 0.3) is 0 Å². The maximum absolute atomic E-state index is 3.06. The van der Waals surface area contributed by atoms with Gasteiger partial charge < -0.3 is 0 Å². The van der Waals surface area contributed by atoms with Gasteiger partial charge in [-0.05, 0) is 0 Å². The highest BCUT2D eigenvalue weighted by Gasteiger charge is 1.89. The fourth-order valence-electron chi connectivity index (χ4n) is 0.453. The molecule has 0 aromatic rings. The maximum atomic E-state index is 3.06. The second-order valence-electron chi connectivity index (χ2n) is 1.28. The maximum Gasteiger partial charge on any atom is 0.0474 e. The Kier molecular flexibility index (Phi) is 1.43. The number of hydrogen-bond donors (Lipinski definition) is 3. The average molecular weight is 87.1 g/mol. The zero-order chi connectivity index (χ0) is 4.24. The van der Waals surface area contributed by atoms with Crippen LogP contribution in [0.3, 0.4) is 0 Å². The van der Waals surface area contributed by atoms with Crippen LogP contribution >= 0.6 is 0 Å². The van der Waals surface area contributed by atoms with Gasteiger partial charge in [0.05, 0.1) is 0 Å². The van der Waals surface area contributed by atoms with Crippen LogP contribution in [0.5, 0.6) is 0 Å². The van der Waals surface area contributed by atoms with Gasteiger partial charge in [0.2, 0.25) is 0 Å². The van der Waals surface area contributed by atoms with Crippen LogP contribution in [0.15, 0.2) is 0 Å². The highest BCUT2D eigenvalue weighted by Crippen LogP contribution is 1.56. The number of rotatable bonds is 0. The molecular formula is C3H9N3. The monoisotopic (exact) mass is 87.1 g/mol. The van der Waals surface area contributed by atoms with Crippen molar-refractivity contribution in [3.63, 3.8) is 0 Å². The highest BCUT2D eigenvalue weighted by molar-refractivity contribution is 4.49. The van der Waals surface area contributed by atoms with E-state index in [9.17, 15) is 0 Å². The molecule has 1 fully saturated rings. The van der Waals surface area contributed by atoms with Gasteiger partial charge >= 0.3 is 0 Å². The van der Waals surface area contributed by atoms with Crippen molar-refractivity contribution >= 4 is 0 Å². The zero-order valence-corrected chi connectivity index (χ0v) is 3.62. The minimum Gasteiger partial charge on any atom is -0.292 e. The van der Waals surface area contributed by atoms with E-state index in [2.05, 4.69) is 16.0 Å². The molecule has 0 aliphatic carbocycles. The van der Waals surface area contributed by atoms with Gasteiger partial charge in [-0.3, -0.25) is 16.0 Å². The molecular weight excluding hydrogens is 78.1 g/mol. The SMILES string of the molecule is C1NCNCN1. The molecule has 0 aromatic carbocycles. The summed E-state index contributed by atoms with van der Waals surface area (Å²) in [6.45, 7) is 2.81. The van der Waals surface area contributed by atoms with Crippen LogP contribution in [0, 0.1) is 0 Å². The Bertz CT molecular complexity index is 21.5.